The van der Waals surface area contributed by atoms with Crippen molar-refractivity contribution in [2.45, 2.75) is 32.1 Å². The molecule has 0 spiro atoms. The molecule has 0 atom stereocenters. The Bertz CT molecular complexity index is 125. The molecule has 0 bridgehead atoms. The minimum atomic E-state index is 1.28. The summed E-state index contributed by atoms with van der Waals surface area (Å²) in [5, 5.41) is 0. The van der Waals surface area contributed by atoms with Crippen molar-refractivity contribution in [1.29, 1.82) is 0 Å². The Morgan fingerprint density at radius 2 is 2.00 bits per heavy atom. The number of rotatable bonds is 1. The number of hydrogen-bond acceptors (Lipinski definition) is 1. The molecule has 0 saturated carbocycles. The van der Waals surface area contributed by atoms with Crippen LogP contribution >= 0.6 is 0 Å². The fourth-order valence-electron chi connectivity index (χ4n) is 1.40. The van der Waals surface area contributed by atoms with Gasteiger partial charge in [-0.15, -0.1) is 0 Å². The van der Waals surface area contributed by atoms with E-state index in [0.29, 0.717) is 0 Å². The predicted octanol–water partition coefficient (Wildman–Crippen LogP) is 2.40. The van der Waals surface area contributed by atoms with Crippen LogP contribution in [0.15, 0.2) is 11.8 Å². The highest BCUT2D eigenvalue weighted by Crippen LogP contribution is 2.17. The Morgan fingerprint density at radius 1 is 1.20 bits per heavy atom. The highest BCUT2D eigenvalue weighted by molar-refractivity contribution is 5.00. The third kappa shape index (κ3) is 2.05. The molecule has 0 radical (unpaired) electrons. The molecule has 0 amide bonds. The van der Waals surface area contributed by atoms with E-state index in [4.69, 9.17) is 0 Å². The van der Waals surface area contributed by atoms with Crippen molar-refractivity contribution in [3.63, 3.8) is 0 Å². The first kappa shape index (κ1) is 7.64. The standard InChI is InChI=1S/C9H17N/c1-10(2)9-7-5-3-4-6-8-9/h7H,3-6,8H2,1-2H3. The SMILES string of the molecule is CN(C)C1=CCCCCC1. The molecule has 0 aliphatic heterocycles. The molecule has 1 aliphatic rings. The summed E-state index contributed by atoms with van der Waals surface area (Å²) in [7, 11) is 4.27. The van der Waals surface area contributed by atoms with Crippen molar-refractivity contribution < 1.29 is 0 Å². The molecule has 0 N–H and O–H groups in total. The lowest BCUT2D eigenvalue weighted by Crippen LogP contribution is -2.10. The van der Waals surface area contributed by atoms with Crippen molar-refractivity contribution in [2.75, 3.05) is 14.1 Å². The molecule has 0 aromatic carbocycles. The average molecular weight is 139 g/mol. The van der Waals surface area contributed by atoms with Gasteiger partial charge in [-0.3, -0.25) is 0 Å². The molecule has 1 nitrogen and oxygen atoms in total. The van der Waals surface area contributed by atoms with E-state index >= 15 is 0 Å². The van der Waals surface area contributed by atoms with Gasteiger partial charge in [-0.25, -0.2) is 0 Å². The molecule has 1 heteroatoms. The summed E-state index contributed by atoms with van der Waals surface area (Å²) >= 11 is 0. The molecular formula is C9H17N. The molecule has 0 fully saturated rings. The van der Waals surface area contributed by atoms with E-state index in [1.807, 2.05) is 0 Å². The summed E-state index contributed by atoms with van der Waals surface area (Å²) in [5.74, 6) is 0. The molecule has 1 rings (SSSR count). The van der Waals surface area contributed by atoms with Crippen LogP contribution in [0.5, 0.6) is 0 Å². The molecule has 0 aromatic rings. The van der Waals surface area contributed by atoms with E-state index in [9.17, 15) is 0 Å². The van der Waals surface area contributed by atoms with Gasteiger partial charge in [-0.1, -0.05) is 12.5 Å². The van der Waals surface area contributed by atoms with E-state index in [1.165, 1.54) is 37.8 Å². The van der Waals surface area contributed by atoms with E-state index in [2.05, 4.69) is 25.1 Å². The van der Waals surface area contributed by atoms with Gasteiger partial charge < -0.3 is 4.90 Å². The smallest absolute Gasteiger partial charge is 0.00869 e. The van der Waals surface area contributed by atoms with Crippen molar-refractivity contribution in [3.05, 3.63) is 11.8 Å². The van der Waals surface area contributed by atoms with E-state index in [-0.39, 0.29) is 0 Å². The molecule has 58 valence electrons. The van der Waals surface area contributed by atoms with Crippen molar-refractivity contribution in [1.82, 2.24) is 4.90 Å². The zero-order valence-corrected chi connectivity index (χ0v) is 7.06. The molecular weight excluding hydrogens is 122 g/mol. The molecule has 0 aromatic heterocycles. The number of allylic oxidation sites excluding steroid dienone is 2. The molecule has 1 aliphatic carbocycles. The zero-order valence-electron chi connectivity index (χ0n) is 7.06. The first-order valence-electron chi connectivity index (χ1n) is 4.17. The maximum Gasteiger partial charge on any atom is 0.00869 e. The van der Waals surface area contributed by atoms with Gasteiger partial charge in [0.25, 0.3) is 0 Å². The zero-order chi connectivity index (χ0) is 7.40. The van der Waals surface area contributed by atoms with Gasteiger partial charge in [0, 0.05) is 19.8 Å². The van der Waals surface area contributed by atoms with Crippen molar-refractivity contribution >= 4 is 0 Å². The van der Waals surface area contributed by atoms with E-state index < -0.39 is 0 Å². The lowest BCUT2D eigenvalue weighted by atomic mass is 10.2. The van der Waals surface area contributed by atoms with Crippen LogP contribution in [0.2, 0.25) is 0 Å². The fourth-order valence-corrected chi connectivity index (χ4v) is 1.40. The van der Waals surface area contributed by atoms with Crippen LogP contribution in [0, 0.1) is 0 Å². The summed E-state index contributed by atoms with van der Waals surface area (Å²) < 4.78 is 0. The van der Waals surface area contributed by atoms with Crippen LogP contribution in [0.1, 0.15) is 32.1 Å². The Kier molecular flexibility index (Phi) is 2.79. The molecule has 0 heterocycles. The summed E-state index contributed by atoms with van der Waals surface area (Å²) in [6.07, 6.45) is 9.13. The minimum Gasteiger partial charge on any atom is -0.381 e. The van der Waals surface area contributed by atoms with Gasteiger partial charge >= 0.3 is 0 Å². The molecule has 0 unspecified atom stereocenters. The highest BCUT2D eigenvalue weighted by Gasteiger charge is 2.02. The molecule has 10 heavy (non-hydrogen) atoms. The Labute approximate surface area is 63.7 Å². The molecule has 0 saturated heterocycles. The summed E-state index contributed by atoms with van der Waals surface area (Å²) in [6.45, 7) is 0. The highest BCUT2D eigenvalue weighted by atomic mass is 15.1. The van der Waals surface area contributed by atoms with Crippen LogP contribution in [0.4, 0.5) is 0 Å². The quantitative estimate of drug-likeness (QED) is 0.539. The Balaban J connectivity index is 2.46. The minimum absolute atomic E-state index is 1.28. The second-order valence-electron chi connectivity index (χ2n) is 3.19. The number of hydrogen-bond donors (Lipinski definition) is 0. The second kappa shape index (κ2) is 3.65. The monoisotopic (exact) mass is 139 g/mol. The second-order valence-corrected chi connectivity index (χ2v) is 3.19. The third-order valence-electron chi connectivity index (χ3n) is 2.09. The van der Waals surface area contributed by atoms with Gasteiger partial charge in [-0.2, -0.15) is 0 Å². The van der Waals surface area contributed by atoms with Gasteiger partial charge in [0.2, 0.25) is 0 Å². The summed E-state index contributed by atoms with van der Waals surface area (Å²) in [4.78, 5) is 2.24. The van der Waals surface area contributed by atoms with Gasteiger partial charge in [0.1, 0.15) is 0 Å². The Morgan fingerprint density at radius 3 is 2.70 bits per heavy atom. The maximum absolute atomic E-state index is 2.38. The van der Waals surface area contributed by atoms with Crippen LogP contribution in [0.3, 0.4) is 0 Å². The third-order valence-corrected chi connectivity index (χ3v) is 2.09. The average Bonchev–Trinajstić information content (AvgIpc) is 2.12. The van der Waals surface area contributed by atoms with Gasteiger partial charge in [0.15, 0.2) is 0 Å². The van der Waals surface area contributed by atoms with Gasteiger partial charge in [-0.05, 0) is 25.7 Å². The van der Waals surface area contributed by atoms with Gasteiger partial charge in [0.05, 0.1) is 0 Å². The number of nitrogens with zero attached hydrogens (tertiary/aromatic N) is 1. The fraction of sp³-hybridized carbons (Fsp3) is 0.778. The lowest BCUT2D eigenvalue weighted by molar-refractivity contribution is 0.481. The maximum atomic E-state index is 2.38. The topological polar surface area (TPSA) is 3.24 Å². The lowest BCUT2D eigenvalue weighted by Gasteiger charge is -2.15. The Hall–Kier alpha value is -0.460. The van der Waals surface area contributed by atoms with Crippen molar-refractivity contribution in [2.24, 2.45) is 0 Å². The normalized spacial score (nSPS) is 19.6. The van der Waals surface area contributed by atoms with Crippen LogP contribution in [-0.4, -0.2) is 19.0 Å². The predicted molar refractivity (Wildman–Crippen MR) is 44.9 cm³/mol. The van der Waals surface area contributed by atoms with Crippen LogP contribution in [-0.2, 0) is 0 Å². The van der Waals surface area contributed by atoms with Crippen molar-refractivity contribution in [3.8, 4) is 0 Å². The first-order chi connectivity index (χ1) is 4.80. The van der Waals surface area contributed by atoms with E-state index in [1.54, 1.807) is 0 Å². The first-order valence-corrected chi connectivity index (χ1v) is 4.17. The largest absolute Gasteiger partial charge is 0.381 e. The summed E-state index contributed by atoms with van der Waals surface area (Å²) in [6, 6.07) is 0. The summed E-state index contributed by atoms with van der Waals surface area (Å²) in [5.41, 5.74) is 1.53. The van der Waals surface area contributed by atoms with Crippen LogP contribution < -0.4 is 0 Å². The van der Waals surface area contributed by atoms with Crippen LogP contribution in [0.25, 0.3) is 0 Å². The van der Waals surface area contributed by atoms with E-state index in [0.717, 1.165) is 0 Å².